The van der Waals surface area contributed by atoms with Crippen LogP contribution in [0.15, 0.2) is 23.0 Å². The molecule has 0 amide bonds. The molecule has 0 aliphatic carbocycles. The number of hydrogen-bond donors (Lipinski definition) is 0. The summed E-state index contributed by atoms with van der Waals surface area (Å²) in [4.78, 5) is 21.3. The van der Waals surface area contributed by atoms with Crippen LogP contribution in [-0.2, 0) is 0 Å². The Kier molecular flexibility index (Phi) is 2.86. The lowest BCUT2D eigenvalue weighted by Crippen LogP contribution is -2.27. The highest BCUT2D eigenvalue weighted by atomic mass is 16.7. The molecule has 6 nitrogen and oxygen atoms in total. The number of methoxy groups -OCH3 is 2. The third kappa shape index (κ3) is 1.67. The normalized spacial score (nSPS) is 10.3. The largest absolute Gasteiger partial charge is 0.496 e. The first-order valence-electron chi connectivity index (χ1n) is 4.91. The van der Waals surface area contributed by atoms with Gasteiger partial charge in [-0.3, -0.25) is 4.79 Å². The lowest BCUT2D eigenvalue weighted by Gasteiger charge is -2.10. The highest BCUT2D eigenvalue weighted by molar-refractivity contribution is 5.84. The fourth-order valence-electron chi connectivity index (χ4n) is 1.62. The third-order valence-corrected chi connectivity index (χ3v) is 2.38. The van der Waals surface area contributed by atoms with Crippen LogP contribution >= 0.6 is 0 Å². The van der Waals surface area contributed by atoms with Crippen LogP contribution < -0.4 is 19.9 Å². The Hall–Kier alpha value is -2.24. The van der Waals surface area contributed by atoms with Gasteiger partial charge >= 0.3 is 11.6 Å². The summed E-state index contributed by atoms with van der Waals surface area (Å²) in [5.41, 5.74) is 0.131. The van der Waals surface area contributed by atoms with Crippen molar-refractivity contribution in [2.45, 2.75) is 0 Å². The van der Waals surface area contributed by atoms with Gasteiger partial charge in [0.2, 0.25) is 0 Å². The molecule has 17 heavy (non-hydrogen) atoms. The predicted octanol–water partition coefficient (Wildman–Crippen LogP) is 0.472. The van der Waals surface area contributed by atoms with E-state index in [4.69, 9.17) is 14.3 Å². The molecule has 0 unspecified atom stereocenters. The Morgan fingerprint density at radius 1 is 1.18 bits per heavy atom. The number of benzene rings is 1. The van der Waals surface area contributed by atoms with Gasteiger partial charge in [0.1, 0.15) is 18.2 Å². The van der Waals surface area contributed by atoms with E-state index < -0.39 is 0 Å². The molecule has 0 N–H and O–H groups in total. The summed E-state index contributed by atoms with van der Waals surface area (Å²) in [5, 5.41) is 0.359. The van der Waals surface area contributed by atoms with Gasteiger partial charge in [-0.05, 0) is 12.1 Å². The molecule has 0 aliphatic rings. The van der Waals surface area contributed by atoms with Crippen molar-refractivity contribution in [2.75, 3.05) is 21.3 Å². The van der Waals surface area contributed by atoms with E-state index in [1.807, 2.05) is 0 Å². The molecule has 0 fully saturated rings. The van der Waals surface area contributed by atoms with Gasteiger partial charge in [-0.1, -0.05) is 10.8 Å². The van der Waals surface area contributed by atoms with Crippen LogP contribution in [0.4, 0.5) is 0 Å². The van der Waals surface area contributed by atoms with Gasteiger partial charge in [0, 0.05) is 0 Å². The number of hydrogen-bond acceptors (Lipinski definition) is 5. The summed E-state index contributed by atoms with van der Waals surface area (Å²) in [6, 6.07) is 5.25. The second-order valence-electron chi connectivity index (χ2n) is 3.24. The van der Waals surface area contributed by atoms with Crippen molar-refractivity contribution in [1.82, 2.24) is 9.71 Å². The Morgan fingerprint density at radius 3 is 2.53 bits per heavy atom. The van der Waals surface area contributed by atoms with Gasteiger partial charge in [0.05, 0.1) is 19.7 Å². The van der Waals surface area contributed by atoms with Crippen molar-refractivity contribution in [2.24, 2.45) is 0 Å². The number of aromatic nitrogens is 2. The van der Waals surface area contributed by atoms with Crippen LogP contribution in [0.2, 0.25) is 0 Å². The van der Waals surface area contributed by atoms with Crippen LogP contribution in [0.3, 0.4) is 0 Å². The molecule has 0 bridgehead atoms. The lowest BCUT2D eigenvalue weighted by molar-refractivity contribution is 0.124. The zero-order valence-electron chi connectivity index (χ0n) is 9.76. The molecule has 1 heterocycles. The maximum absolute atomic E-state index is 12.2. The number of nitrogens with zero attached hydrogens (tertiary/aromatic N) is 2. The van der Waals surface area contributed by atoms with E-state index in [0.717, 1.165) is 4.73 Å². The quantitative estimate of drug-likeness (QED) is 0.775. The molecular weight excluding hydrogens is 224 g/mol. The number of rotatable bonds is 3. The van der Waals surface area contributed by atoms with E-state index in [2.05, 4.69) is 4.98 Å². The van der Waals surface area contributed by atoms with Crippen molar-refractivity contribution in [3.63, 3.8) is 0 Å². The van der Waals surface area contributed by atoms with Crippen LogP contribution in [-0.4, -0.2) is 31.0 Å². The minimum Gasteiger partial charge on any atom is -0.496 e. The molecule has 2 rings (SSSR count). The summed E-state index contributed by atoms with van der Waals surface area (Å²) in [5.74, 6) is 0.452. The van der Waals surface area contributed by atoms with E-state index >= 15 is 0 Å². The van der Waals surface area contributed by atoms with Crippen molar-refractivity contribution in [3.8, 4) is 11.8 Å². The Morgan fingerprint density at radius 2 is 1.94 bits per heavy atom. The molecule has 1 aromatic heterocycles. The molecule has 0 atom stereocenters. The average Bonchev–Trinajstić information content (AvgIpc) is 2.37. The van der Waals surface area contributed by atoms with Crippen LogP contribution in [0.5, 0.6) is 11.8 Å². The summed E-state index contributed by atoms with van der Waals surface area (Å²) in [7, 11) is 4.28. The first kappa shape index (κ1) is 11.3. The molecule has 0 saturated heterocycles. The van der Waals surface area contributed by atoms with Gasteiger partial charge in [0.25, 0.3) is 0 Å². The van der Waals surface area contributed by atoms with E-state index in [1.54, 1.807) is 18.2 Å². The fraction of sp³-hybridized carbons (Fsp3) is 0.273. The predicted molar refractivity (Wildman–Crippen MR) is 61.6 cm³/mol. The molecule has 2 aromatic rings. The van der Waals surface area contributed by atoms with Gasteiger partial charge in [-0.25, -0.2) is 0 Å². The summed E-state index contributed by atoms with van der Waals surface area (Å²) >= 11 is 0. The molecule has 1 aromatic carbocycles. The summed E-state index contributed by atoms with van der Waals surface area (Å²) in [6.45, 7) is 0. The second-order valence-corrected chi connectivity index (χ2v) is 3.24. The minimum atomic E-state index is -0.369. The van der Waals surface area contributed by atoms with Gasteiger partial charge < -0.3 is 14.3 Å². The fourth-order valence-corrected chi connectivity index (χ4v) is 1.62. The van der Waals surface area contributed by atoms with E-state index in [-0.39, 0.29) is 11.6 Å². The first-order valence-corrected chi connectivity index (χ1v) is 4.91. The molecule has 0 aliphatic heterocycles. The Balaban J connectivity index is 2.91. The van der Waals surface area contributed by atoms with Crippen molar-refractivity contribution >= 4 is 10.9 Å². The van der Waals surface area contributed by atoms with E-state index in [9.17, 15) is 4.79 Å². The first-order chi connectivity index (χ1) is 8.22. The van der Waals surface area contributed by atoms with Gasteiger partial charge in [-0.2, -0.15) is 4.98 Å². The Bertz CT molecular complexity index is 606. The van der Waals surface area contributed by atoms with Gasteiger partial charge in [-0.15, -0.1) is 0 Å². The molecular formula is C11H12N2O4. The van der Waals surface area contributed by atoms with Crippen LogP contribution in [0, 0.1) is 0 Å². The molecule has 0 saturated carbocycles. The molecule has 0 spiro atoms. The smallest absolute Gasteiger partial charge is 0.334 e. The maximum Gasteiger partial charge on any atom is 0.334 e. The highest BCUT2D eigenvalue weighted by Gasteiger charge is 2.14. The van der Waals surface area contributed by atoms with Crippen molar-refractivity contribution < 1.29 is 14.3 Å². The topological polar surface area (TPSA) is 62.6 Å². The zero-order chi connectivity index (χ0) is 12.4. The summed E-state index contributed by atoms with van der Waals surface area (Å²) < 4.78 is 11.1. The standard InChI is InChI=1S/C11H12N2O4/c1-15-8-6-4-5-7-9(8)10(14)13(17-3)11(12-7)16-2/h4-6H,1-3H3. The average molecular weight is 236 g/mol. The van der Waals surface area contributed by atoms with Crippen LogP contribution in [0.1, 0.15) is 0 Å². The highest BCUT2D eigenvalue weighted by Crippen LogP contribution is 2.21. The lowest BCUT2D eigenvalue weighted by atomic mass is 10.2. The second kappa shape index (κ2) is 4.32. The third-order valence-electron chi connectivity index (χ3n) is 2.38. The molecule has 6 heteroatoms. The molecule has 90 valence electrons. The monoisotopic (exact) mass is 236 g/mol. The summed E-state index contributed by atoms with van der Waals surface area (Å²) in [6.07, 6.45) is 0. The van der Waals surface area contributed by atoms with E-state index in [0.29, 0.717) is 16.7 Å². The van der Waals surface area contributed by atoms with Crippen LogP contribution in [0.25, 0.3) is 10.9 Å². The van der Waals surface area contributed by atoms with E-state index in [1.165, 1.54) is 21.3 Å². The van der Waals surface area contributed by atoms with Crippen molar-refractivity contribution in [3.05, 3.63) is 28.6 Å². The SMILES string of the molecule is COc1cccc2nc(OC)n(OC)c(=O)c12. The van der Waals surface area contributed by atoms with Crippen molar-refractivity contribution in [1.29, 1.82) is 0 Å². The van der Waals surface area contributed by atoms with Gasteiger partial charge in [0.15, 0.2) is 0 Å². The number of ether oxygens (including phenoxy) is 2. The zero-order valence-corrected chi connectivity index (χ0v) is 9.76. The minimum absolute atomic E-state index is 0.0956. The molecule has 0 radical (unpaired) electrons. The maximum atomic E-state index is 12.2. The number of fused-ring (bicyclic) bond motifs is 1. The Labute approximate surface area is 97.3 Å².